The first-order valence-electron chi connectivity index (χ1n) is 12.7. The minimum absolute atomic E-state index is 0.266. The van der Waals surface area contributed by atoms with Crippen molar-refractivity contribution >= 4 is 29.4 Å². The second-order valence-electron chi connectivity index (χ2n) is 10.0. The molecular formula is C28H35N7O3. The first kappa shape index (κ1) is 26.8. The summed E-state index contributed by atoms with van der Waals surface area (Å²) in [7, 11) is 3.38. The van der Waals surface area contributed by atoms with E-state index in [2.05, 4.69) is 15.4 Å². The number of likely N-dealkylation sites (tertiary alicyclic amines) is 1. The number of nitrogen functional groups attached to an aromatic ring is 1. The van der Waals surface area contributed by atoms with E-state index >= 15 is 0 Å². The van der Waals surface area contributed by atoms with Crippen LogP contribution in [0.4, 0.5) is 16.3 Å². The molecule has 1 aromatic carbocycles. The molecule has 10 heteroatoms. The molecule has 1 aliphatic heterocycles. The number of hydrogen-bond donors (Lipinski definition) is 2. The zero-order valence-corrected chi connectivity index (χ0v) is 22.7. The molecule has 3 heterocycles. The zero-order chi connectivity index (χ0) is 27.7. The lowest BCUT2D eigenvalue weighted by Gasteiger charge is -2.46. The predicted molar refractivity (Wildman–Crippen MR) is 145 cm³/mol. The quantitative estimate of drug-likeness (QED) is 0.464. The van der Waals surface area contributed by atoms with E-state index < -0.39 is 23.9 Å². The van der Waals surface area contributed by atoms with E-state index in [1.54, 1.807) is 37.2 Å². The van der Waals surface area contributed by atoms with Crippen LogP contribution < -0.4 is 16.0 Å². The van der Waals surface area contributed by atoms with E-state index in [1.165, 1.54) is 4.90 Å². The van der Waals surface area contributed by atoms with Gasteiger partial charge in [0.25, 0.3) is 5.91 Å². The van der Waals surface area contributed by atoms with Gasteiger partial charge in [0.05, 0.1) is 23.8 Å². The fraction of sp³-hybridized carbons (Fsp3) is 0.393. The maximum Gasteiger partial charge on any atom is 0.325 e. The van der Waals surface area contributed by atoms with Crippen molar-refractivity contribution in [1.29, 1.82) is 0 Å². The smallest absolute Gasteiger partial charge is 0.325 e. The molecule has 4 amide bonds. The van der Waals surface area contributed by atoms with Crippen molar-refractivity contribution in [3.8, 4) is 0 Å². The van der Waals surface area contributed by atoms with Crippen LogP contribution in [-0.2, 0) is 23.1 Å². The van der Waals surface area contributed by atoms with E-state index in [0.717, 1.165) is 32.8 Å². The number of amides is 4. The van der Waals surface area contributed by atoms with Gasteiger partial charge in [-0.25, -0.2) is 9.78 Å². The first-order chi connectivity index (χ1) is 18.0. The topological polar surface area (TPSA) is 126 Å². The number of hydrogen-bond acceptors (Lipinski definition) is 6. The van der Waals surface area contributed by atoms with Crippen LogP contribution >= 0.6 is 0 Å². The van der Waals surface area contributed by atoms with Gasteiger partial charge >= 0.3 is 6.03 Å². The van der Waals surface area contributed by atoms with Crippen molar-refractivity contribution in [3.63, 3.8) is 0 Å². The molecule has 0 bridgehead atoms. The fourth-order valence-electron chi connectivity index (χ4n) is 5.06. The van der Waals surface area contributed by atoms with Gasteiger partial charge in [-0.05, 0) is 62.4 Å². The van der Waals surface area contributed by atoms with Gasteiger partial charge in [-0.15, -0.1) is 0 Å². The molecule has 4 rings (SSSR count). The number of carbonyl (C=O) groups is 3. The normalized spacial score (nSPS) is 17.6. The number of aromatic nitrogens is 3. The van der Waals surface area contributed by atoms with Gasteiger partial charge in [0.2, 0.25) is 5.91 Å². The summed E-state index contributed by atoms with van der Waals surface area (Å²) in [5.41, 5.74) is 11.1. The van der Waals surface area contributed by atoms with Crippen LogP contribution in [0.15, 0.2) is 42.7 Å². The highest BCUT2D eigenvalue weighted by molar-refractivity contribution is 6.12. The maximum absolute atomic E-state index is 13.7. The molecule has 0 aliphatic carbocycles. The second-order valence-corrected chi connectivity index (χ2v) is 10.0. The Hall–Kier alpha value is -4.21. The first-order valence-corrected chi connectivity index (χ1v) is 12.7. The fourth-order valence-corrected chi connectivity index (χ4v) is 5.06. The van der Waals surface area contributed by atoms with Gasteiger partial charge in [-0.2, -0.15) is 5.10 Å². The third-order valence-corrected chi connectivity index (χ3v) is 7.10. The summed E-state index contributed by atoms with van der Waals surface area (Å²) in [5, 5.41) is 7.14. The highest BCUT2D eigenvalue weighted by Crippen LogP contribution is 2.34. The highest BCUT2D eigenvalue weighted by atomic mass is 16.2. The van der Waals surface area contributed by atoms with Crippen molar-refractivity contribution in [2.24, 2.45) is 13.0 Å². The Labute approximate surface area is 222 Å². The SMILES string of the molecule is CCC(NC(=O)N1C(=O)[C@H](Cc2cc(C)nc(N)c2)[C@H]1C(=O)N(C)c1cnn(C)c1)c1cc(C)ccc1C. The number of pyridine rings is 1. The van der Waals surface area contributed by atoms with Crippen molar-refractivity contribution < 1.29 is 14.4 Å². The molecule has 1 saturated heterocycles. The van der Waals surface area contributed by atoms with Gasteiger partial charge in [0.15, 0.2) is 0 Å². The molecule has 10 nitrogen and oxygen atoms in total. The standard InChI is InChI=1S/C28H35N7O3/c1-7-23(21-10-16(2)8-9-17(21)3)32-28(38)35-25(27(37)34(6)20-14-30-33(5)15-20)22(26(35)36)12-19-11-18(4)31-24(29)13-19/h8-11,13-15,22-23,25H,7,12H2,1-6H3,(H2,29,31)(H,32,38)/t22-,23?,25+/m1/s1. The van der Waals surface area contributed by atoms with Gasteiger partial charge in [-0.1, -0.05) is 30.7 Å². The monoisotopic (exact) mass is 517 g/mol. The minimum atomic E-state index is -0.974. The molecule has 200 valence electrons. The van der Waals surface area contributed by atoms with Gasteiger partial charge in [0.1, 0.15) is 11.9 Å². The number of aryl methyl sites for hydroxylation is 4. The molecule has 38 heavy (non-hydrogen) atoms. The summed E-state index contributed by atoms with van der Waals surface area (Å²) in [6, 6.07) is 7.76. The Morgan fingerprint density at radius 2 is 1.92 bits per heavy atom. The average Bonchev–Trinajstić information content (AvgIpc) is 3.30. The van der Waals surface area contributed by atoms with E-state index in [1.807, 2.05) is 52.0 Å². The Balaban J connectivity index is 1.63. The molecule has 0 spiro atoms. The largest absolute Gasteiger partial charge is 0.384 e. The molecular weight excluding hydrogens is 482 g/mol. The third-order valence-electron chi connectivity index (χ3n) is 7.10. The Morgan fingerprint density at radius 3 is 2.55 bits per heavy atom. The number of carbonyl (C=O) groups excluding carboxylic acids is 3. The van der Waals surface area contributed by atoms with Gasteiger partial charge in [-0.3, -0.25) is 19.2 Å². The zero-order valence-electron chi connectivity index (χ0n) is 22.7. The molecule has 3 N–H and O–H groups in total. The molecule has 3 aromatic rings. The maximum atomic E-state index is 13.7. The number of nitrogens with zero attached hydrogens (tertiary/aromatic N) is 5. The summed E-state index contributed by atoms with van der Waals surface area (Å²) < 4.78 is 1.59. The predicted octanol–water partition coefficient (Wildman–Crippen LogP) is 3.22. The van der Waals surface area contributed by atoms with Crippen LogP contribution in [0.3, 0.4) is 0 Å². The van der Waals surface area contributed by atoms with Crippen LogP contribution in [0.25, 0.3) is 0 Å². The molecule has 1 fully saturated rings. The number of urea groups is 1. The number of rotatable bonds is 7. The molecule has 3 atom stereocenters. The summed E-state index contributed by atoms with van der Waals surface area (Å²) in [6.07, 6.45) is 4.17. The van der Waals surface area contributed by atoms with Crippen LogP contribution in [0.1, 0.15) is 47.3 Å². The van der Waals surface area contributed by atoms with Crippen molar-refractivity contribution in [3.05, 3.63) is 70.7 Å². The summed E-state index contributed by atoms with van der Waals surface area (Å²) in [5.74, 6) is -1.13. The number of anilines is 2. The van der Waals surface area contributed by atoms with E-state index in [-0.39, 0.29) is 18.4 Å². The van der Waals surface area contributed by atoms with Crippen molar-refractivity contribution in [2.75, 3.05) is 17.7 Å². The van der Waals surface area contributed by atoms with Crippen molar-refractivity contribution in [1.82, 2.24) is 25.0 Å². The number of β-lactam (4-membered cyclic amide) rings is 1. The van der Waals surface area contributed by atoms with Crippen molar-refractivity contribution in [2.45, 2.75) is 52.6 Å². The number of nitrogens with one attached hydrogen (secondary N) is 1. The minimum Gasteiger partial charge on any atom is -0.384 e. The van der Waals surface area contributed by atoms with Gasteiger partial charge < -0.3 is 16.0 Å². The Bertz CT molecular complexity index is 1360. The van der Waals surface area contributed by atoms with E-state index in [4.69, 9.17) is 5.73 Å². The molecule has 2 aromatic heterocycles. The Morgan fingerprint density at radius 1 is 1.18 bits per heavy atom. The molecule has 0 radical (unpaired) electrons. The molecule has 0 saturated carbocycles. The van der Waals surface area contributed by atoms with Crippen LogP contribution in [0.2, 0.25) is 0 Å². The lowest BCUT2D eigenvalue weighted by molar-refractivity contribution is -0.156. The molecule has 1 unspecified atom stereocenters. The second kappa shape index (κ2) is 10.6. The van der Waals surface area contributed by atoms with Crippen LogP contribution in [0.5, 0.6) is 0 Å². The summed E-state index contributed by atoms with van der Waals surface area (Å²) in [4.78, 5) is 47.4. The average molecular weight is 518 g/mol. The lowest BCUT2D eigenvalue weighted by Crippen LogP contribution is -2.70. The summed E-state index contributed by atoms with van der Waals surface area (Å²) >= 11 is 0. The summed E-state index contributed by atoms with van der Waals surface area (Å²) in [6.45, 7) is 7.78. The number of nitrogens with two attached hydrogens (primary N) is 1. The lowest BCUT2D eigenvalue weighted by atomic mass is 9.81. The highest BCUT2D eigenvalue weighted by Gasteiger charge is 2.55. The van der Waals surface area contributed by atoms with Crippen LogP contribution in [0, 0.1) is 26.7 Å². The molecule has 1 aliphatic rings. The third kappa shape index (κ3) is 5.25. The number of likely N-dealkylation sites (N-methyl/N-ethyl adjacent to an activating group) is 1. The number of imide groups is 1. The van der Waals surface area contributed by atoms with E-state index in [9.17, 15) is 14.4 Å². The van der Waals surface area contributed by atoms with E-state index in [0.29, 0.717) is 17.9 Å². The van der Waals surface area contributed by atoms with Gasteiger partial charge in [0, 0.05) is 26.0 Å². The Kier molecular flexibility index (Phi) is 7.52. The number of benzene rings is 1. The van der Waals surface area contributed by atoms with Crippen LogP contribution in [-0.4, -0.2) is 50.6 Å².